The normalized spacial score (nSPS) is 29.2. The van der Waals surface area contributed by atoms with Crippen LogP contribution in [0.4, 0.5) is 0 Å². The molecule has 3 rings (SSSR count). The first-order valence-electron chi connectivity index (χ1n) is 7.51. The molecule has 2 atom stereocenters. The van der Waals surface area contributed by atoms with E-state index < -0.39 is 0 Å². The maximum absolute atomic E-state index is 3.72. The monoisotopic (exact) mass is 259 g/mol. The Hall–Kier alpha value is -0.900. The summed E-state index contributed by atoms with van der Waals surface area (Å²) >= 11 is 0. The molecule has 2 fully saturated rings. The van der Waals surface area contributed by atoms with E-state index in [1.165, 1.54) is 30.8 Å². The van der Waals surface area contributed by atoms with E-state index in [-0.39, 0.29) is 0 Å². The molecule has 0 saturated carbocycles. The minimum absolute atomic E-state index is 0.505. The van der Waals surface area contributed by atoms with Crippen LogP contribution in [0.25, 0.3) is 0 Å². The van der Waals surface area contributed by atoms with Gasteiger partial charge in [-0.15, -0.1) is 0 Å². The lowest BCUT2D eigenvalue weighted by molar-refractivity contribution is 0.0538. The van der Waals surface area contributed by atoms with Gasteiger partial charge >= 0.3 is 0 Å². The lowest BCUT2D eigenvalue weighted by Gasteiger charge is -2.46. The first-order valence-corrected chi connectivity index (χ1v) is 7.51. The summed E-state index contributed by atoms with van der Waals surface area (Å²) in [5.74, 6) is 0. The summed E-state index contributed by atoms with van der Waals surface area (Å²) in [4.78, 5) is 5.11. The minimum atomic E-state index is 0.505. The van der Waals surface area contributed by atoms with Gasteiger partial charge in [-0.3, -0.25) is 4.90 Å². The number of hydrogen-bond donors (Lipinski definition) is 1. The SMILES string of the molecule is CCc1ccc(C2CN3CCN(C)CC3CN2)cc1. The highest BCUT2D eigenvalue weighted by Crippen LogP contribution is 2.22. The predicted octanol–water partition coefficient (Wildman–Crippen LogP) is 1.51. The van der Waals surface area contributed by atoms with Crippen LogP contribution in [0, 0.1) is 0 Å². The second-order valence-electron chi connectivity index (χ2n) is 5.97. The van der Waals surface area contributed by atoms with Crippen LogP contribution in [0.5, 0.6) is 0 Å². The van der Waals surface area contributed by atoms with Crippen molar-refractivity contribution in [1.82, 2.24) is 15.1 Å². The second kappa shape index (κ2) is 5.61. The molecule has 0 spiro atoms. The topological polar surface area (TPSA) is 18.5 Å². The molecule has 0 bridgehead atoms. The molecule has 19 heavy (non-hydrogen) atoms. The summed E-state index contributed by atoms with van der Waals surface area (Å²) in [5, 5.41) is 3.72. The summed E-state index contributed by atoms with van der Waals surface area (Å²) in [6.07, 6.45) is 1.12. The number of piperazine rings is 2. The number of nitrogens with zero attached hydrogens (tertiary/aromatic N) is 2. The molecule has 0 amide bonds. The van der Waals surface area contributed by atoms with Gasteiger partial charge in [-0.25, -0.2) is 0 Å². The van der Waals surface area contributed by atoms with Crippen molar-refractivity contribution in [2.75, 3.05) is 39.8 Å². The third kappa shape index (κ3) is 2.83. The molecule has 1 N–H and O–H groups in total. The lowest BCUT2D eigenvalue weighted by atomic mass is 9.99. The number of rotatable bonds is 2. The van der Waals surface area contributed by atoms with Gasteiger partial charge in [-0.1, -0.05) is 31.2 Å². The van der Waals surface area contributed by atoms with Crippen molar-refractivity contribution >= 4 is 0 Å². The van der Waals surface area contributed by atoms with Crippen LogP contribution in [-0.4, -0.2) is 55.6 Å². The molecule has 2 unspecified atom stereocenters. The Morgan fingerprint density at radius 2 is 1.95 bits per heavy atom. The van der Waals surface area contributed by atoms with E-state index in [0.29, 0.717) is 12.1 Å². The van der Waals surface area contributed by atoms with Crippen LogP contribution in [0.2, 0.25) is 0 Å². The molecule has 0 radical (unpaired) electrons. The molecule has 104 valence electrons. The lowest BCUT2D eigenvalue weighted by Crippen LogP contribution is -2.61. The third-order valence-corrected chi connectivity index (χ3v) is 4.62. The van der Waals surface area contributed by atoms with Gasteiger partial charge in [0.15, 0.2) is 0 Å². The molecule has 1 aromatic rings. The summed E-state index contributed by atoms with van der Waals surface area (Å²) in [7, 11) is 2.23. The van der Waals surface area contributed by atoms with Crippen LogP contribution in [0.15, 0.2) is 24.3 Å². The first kappa shape index (κ1) is 13.1. The molecule has 3 nitrogen and oxygen atoms in total. The Kier molecular flexibility index (Phi) is 3.87. The first-order chi connectivity index (χ1) is 9.26. The summed E-state index contributed by atoms with van der Waals surface area (Å²) < 4.78 is 0. The van der Waals surface area contributed by atoms with Crippen molar-refractivity contribution in [3.05, 3.63) is 35.4 Å². The number of fused-ring (bicyclic) bond motifs is 1. The van der Waals surface area contributed by atoms with Gasteiger partial charge < -0.3 is 10.2 Å². The van der Waals surface area contributed by atoms with E-state index in [9.17, 15) is 0 Å². The molecule has 0 aromatic heterocycles. The third-order valence-electron chi connectivity index (χ3n) is 4.62. The fourth-order valence-corrected chi connectivity index (χ4v) is 3.27. The zero-order valence-corrected chi connectivity index (χ0v) is 12.1. The van der Waals surface area contributed by atoms with Crippen molar-refractivity contribution in [2.45, 2.75) is 25.4 Å². The Labute approximate surface area is 116 Å². The highest BCUT2D eigenvalue weighted by Gasteiger charge is 2.31. The number of benzene rings is 1. The Balaban J connectivity index is 1.67. The molecule has 2 aliphatic rings. The van der Waals surface area contributed by atoms with Gasteiger partial charge in [0.2, 0.25) is 0 Å². The number of likely N-dealkylation sites (N-methyl/N-ethyl adjacent to an activating group) is 1. The molecule has 0 aliphatic carbocycles. The Morgan fingerprint density at radius 3 is 2.68 bits per heavy atom. The van der Waals surface area contributed by atoms with Crippen LogP contribution in [0.3, 0.4) is 0 Å². The minimum Gasteiger partial charge on any atom is -0.307 e. The fourth-order valence-electron chi connectivity index (χ4n) is 3.27. The molecular weight excluding hydrogens is 234 g/mol. The summed E-state index contributed by atoms with van der Waals surface area (Å²) in [5.41, 5.74) is 2.87. The van der Waals surface area contributed by atoms with Gasteiger partial charge in [0, 0.05) is 44.8 Å². The van der Waals surface area contributed by atoms with Crippen molar-refractivity contribution in [3.63, 3.8) is 0 Å². The molecule has 2 saturated heterocycles. The maximum Gasteiger partial charge on any atom is 0.0450 e. The van der Waals surface area contributed by atoms with E-state index >= 15 is 0 Å². The predicted molar refractivity (Wildman–Crippen MR) is 79.4 cm³/mol. The van der Waals surface area contributed by atoms with Crippen molar-refractivity contribution in [1.29, 1.82) is 0 Å². The highest BCUT2D eigenvalue weighted by molar-refractivity contribution is 5.26. The second-order valence-corrected chi connectivity index (χ2v) is 5.97. The standard InChI is InChI=1S/C16H25N3/c1-3-13-4-6-14(7-5-13)16-12-19-9-8-18(2)11-15(19)10-17-16/h4-7,15-17H,3,8-12H2,1-2H3. The largest absolute Gasteiger partial charge is 0.307 e. The fraction of sp³-hybridized carbons (Fsp3) is 0.625. The van der Waals surface area contributed by atoms with E-state index in [0.717, 1.165) is 19.5 Å². The van der Waals surface area contributed by atoms with Gasteiger partial charge in [0.05, 0.1) is 0 Å². The van der Waals surface area contributed by atoms with Crippen molar-refractivity contribution in [3.8, 4) is 0 Å². The smallest absolute Gasteiger partial charge is 0.0450 e. The van der Waals surface area contributed by atoms with Crippen LogP contribution in [-0.2, 0) is 6.42 Å². The van der Waals surface area contributed by atoms with Crippen LogP contribution < -0.4 is 5.32 Å². The molecule has 3 heteroatoms. The van der Waals surface area contributed by atoms with Crippen molar-refractivity contribution < 1.29 is 0 Å². The van der Waals surface area contributed by atoms with Gasteiger partial charge in [-0.2, -0.15) is 0 Å². The van der Waals surface area contributed by atoms with E-state index in [4.69, 9.17) is 0 Å². The maximum atomic E-state index is 3.72. The molecule has 1 aromatic carbocycles. The van der Waals surface area contributed by atoms with E-state index in [1.807, 2.05) is 0 Å². The Morgan fingerprint density at radius 1 is 1.16 bits per heavy atom. The quantitative estimate of drug-likeness (QED) is 0.868. The van der Waals surface area contributed by atoms with Gasteiger partial charge in [0.1, 0.15) is 0 Å². The van der Waals surface area contributed by atoms with Crippen LogP contribution in [0.1, 0.15) is 24.1 Å². The summed E-state index contributed by atoms with van der Waals surface area (Å²) in [6.45, 7) is 8.11. The zero-order valence-electron chi connectivity index (χ0n) is 12.1. The zero-order chi connectivity index (χ0) is 13.2. The van der Waals surface area contributed by atoms with Crippen molar-refractivity contribution in [2.24, 2.45) is 0 Å². The highest BCUT2D eigenvalue weighted by atomic mass is 15.3. The van der Waals surface area contributed by atoms with E-state index in [2.05, 4.69) is 53.4 Å². The summed E-state index contributed by atoms with van der Waals surface area (Å²) in [6, 6.07) is 10.3. The van der Waals surface area contributed by atoms with Gasteiger partial charge in [0.25, 0.3) is 0 Å². The molecular formula is C16H25N3. The van der Waals surface area contributed by atoms with Gasteiger partial charge in [-0.05, 0) is 24.6 Å². The average Bonchev–Trinajstić information content (AvgIpc) is 2.47. The van der Waals surface area contributed by atoms with E-state index in [1.54, 1.807) is 0 Å². The number of nitrogens with one attached hydrogen (secondary N) is 1. The number of aryl methyl sites for hydroxylation is 1. The number of hydrogen-bond acceptors (Lipinski definition) is 3. The molecule has 2 aliphatic heterocycles. The Bertz CT molecular complexity index is 415. The average molecular weight is 259 g/mol. The van der Waals surface area contributed by atoms with Crippen LogP contribution >= 0.6 is 0 Å². The molecule has 2 heterocycles.